The second kappa shape index (κ2) is 9.77. The molecule has 0 unspecified atom stereocenters. The van der Waals surface area contributed by atoms with E-state index in [1.165, 1.54) is 31.4 Å². The molecule has 0 aliphatic carbocycles. The maximum absolute atomic E-state index is 13.0. The lowest BCUT2D eigenvalue weighted by atomic mass is 10.2. The maximum Gasteiger partial charge on any atom is 0.416 e. The number of methoxy groups -OCH3 is 1. The molecule has 3 N–H and O–H groups in total. The number of nitrogens with one attached hydrogen (secondary N) is 3. The van der Waals surface area contributed by atoms with Crippen molar-refractivity contribution in [3.63, 3.8) is 0 Å². The molecule has 3 rings (SSSR count). The van der Waals surface area contributed by atoms with Gasteiger partial charge in [0.05, 0.1) is 23.3 Å². The van der Waals surface area contributed by atoms with Crippen LogP contribution in [-0.4, -0.2) is 26.5 Å². The van der Waals surface area contributed by atoms with Gasteiger partial charge in [0.25, 0.3) is 10.0 Å². The van der Waals surface area contributed by atoms with Gasteiger partial charge in [-0.2, -0.15) is 13.2 Å². The minimum absolute atomic E-state index is 0.0739. The predicted molar refractivity (Wildman–Crippen MR) is 115 cm³/mol. The van der Waals surface area contributed by atoms with Crippen molar-refractivity contribution in [3.05, 3.63) is 78.1 Å². The number of aromatic nitrogens is 1. The van der Waals surface area contributed by atoms with E-state index in [1.807, 2.05) is 0 Å². The molecule has 0 aliphatic rings. The lowest BCUT2D eigenvalue weighted by Crippen LogP contribution is -2.28. The third-order valence-electron chi connectivity index (χ3n) is 4.37. The van der Waals surface area contributed by atoms with Crippen LogP contribution in [0, 0.1) is 0 Å². The summed E-state index contributed by atoms with van der Waals surface area (Å²) in [6, 6.07) is 10.6. The molecule has 8 nitrogen and oxygen atoms in total. The van der Waals surface area contributed by atoms with Gasteiger partial charge in [-0.1, -0.05) is 6.07 Å². The van der Waals surface area contributed by atoms with Gasteiger partial charge >= 0.3 is 12.2 Å². The van der Waals surface area contributed by atoms with Crippen LogP contribution in [0.2, 0.25) is 0 Å². The fraction of sp³-hybridized carbons (Fsp3) is 0.143. The first kappa shape index (κ1) is 23.9. The number of benzene rings is 2. The van der Waals surface area contributed by atoms with Gasteiger partial charge in [0.1, 0.15) is 5.75 Å². The molecule has 0 aliphatic heterocycles. The summed E-state index contributed by atoms with van der Waals surface area (Å²) < 4.78 is 71.4. The molecule has 0 spiro atoms. The summed E-state index contributed by atoms with van der Waals surface area (Å²) in [6.45, 7) is 0.245. The Labute approximate surface area is 187 Å². The number of ether oxygens (including phenoxy) is 1. The molecule has 2 aromatic carbocycles. The number of alkyl halides is 3. The molecular weight excluding hydrogens is 461 g/mol. The van der Waals surface area contributed by atoms with Crippen molar-refractivity contribution in [1.29, 1.82) is 0 Å². The summed E-state index contributed by atoms with van der Waals surface area (Å²) in [5, 5.41) is 5.18. The molecule has 0 fully saturated rings. The number of anilines is 2. The highest BCUT2D eigenvalue weighted by atomic mass is 32.2. The average Bonchev–Trinajstić information content (AvgIpc) is 2.78. The molecule has 0 radical (unpaired) electrons. The molecule has 174 valence electrons. The van der Waals surface area contributed by atoms with Gasteiger partial charge in [0, 0.05) is 24.6 Å². The monoisotopic (exact) mass is 480 g/mol. The zero-order valence-electron chi connectivity index (χ0n) is 17.2. The minimum Gasteiger partial charge on any atom is -0.495 e. The Bertz CT molecular complexity index is 1220. The second-order valence-corrected chi connectivity index (χ2v) is 8.39. The Kier molecular flexibility index (Phi) is 7.07. The van der Waals surface area contributed by atoms with Gasteiger partial charge < -0.3 is 15.4 Å². The quantitative estimate of drug-likeness (QED) is 0.469. The third kappa shape index (κ3) is 6.35. The van der Waals surface area contributed by atoms with Crippen molar-refractivity contribution in [2.75, 3.05) is 17.1 Å². The first-order valence-electron chi connectivity index (χ1n) is 9.40. The van der Waals surface area contributed by atoms with Crippen molar-refractivity contribution < 1.29 is 31.1 Å². The van der Waals surface area contributed by atoms with Gasteiger partial charge in [-0.3, -0.25) is 9.71 Å². The number of rotatable bonds is 7. The van der Waals surface area contributed by atoms with E-state index in [2.05, 4.69) is 20.3 Å². The highest BCUT2D eigenvalue weighted by Crippen LogP contribution is 2.35. The Balaban J connectivity index is 1.69. The number of carbonyl (C=O) groups is 1. The Morgan fingerprint density at radius 3 is 2.42 bits per heavy atom. The van der Waals surface area contributed by atoms with Crippen LogP contribution in [0.5, 0.6) is 5.75 Å². The molecule has 2 amide bonds. The number of halogens is 3. The number of amides is 2. The van der Waals surface area contributed by atoms with Gasteiger partial charge in [-0.05, 0) is 54.1 Å². The lowest BCUT2D eigenvalue weighted by molar-refractivity contribution is -0.137. The zero-order chi connectivity index (χ0) is 24.1. The maximum atomic E-state index is 13.0. The molecule has 0 atom stereocenters. The van der Waals surface area contributed by atoms with E-state index in [0.29, 0.717) is 11.8 Å². The molecule has 0 saturated carbocycles. The van der Waals surface area contributed by atoms with E-state index < -0.39 is 27.8 Å². The summed E-state index contributed by atoms with van der Waals surface area (Å²) in [5.41, 5.74) is -0.276. The van der Waals surface area contributed by atoms with Crippen LogP contribution in [0.3, 0.4) is 0 Å². The van der Waals surface area contributed by atoms with Gasteiger partial charge in [0.15, 0.2) is 0 Å². The first-order chi connectivity index (χ1) is 15.6. The highest BCUT2D eigenvalue weighted by Gasteiger charge is 2.31. The highest BCUT2D eigenvalue weighted by molar-refractivity contribution is 7.92. The fourth-order valence-corrected chi connectivity index (χ4v) is 3.81. The lowest BCUT2D eigenvalue weighted by Gasteiger charge is -2.15. The molecule has 33 heavy (non-hydrogen) atoms. The minimum atomic E-state index is -4.66. The summed E-state index contributed by atoms with van der Waals surface area (Å²) >= 11 is 0. The molecule has 1 heterocycles. The Morgan fingerprint density at radius 1 is 1.09 bits per heavy atom. The molecule has 3 aromatic rings. The first-order valence-corrected chi connectivity index (χ1v) is 10.9. The molecule has 0 bridgehead atoms. The molecule has 0 saturated heterocycles. The second-order valence-electron chi connectivity index (χ2n) is 6.71. The van der Waals surface area contributed by atoms with Crippen molar-refractivity contribution in [2.24, 2.45) is 0 Å². The van der Waals surface area contributed by atoms with E-state index in [4.69, 9.17) is 4.74 Å². The number of carbonyl (C=O) groups excluding carboxylic acids is 1. The number of sulfonamides is 1. The van der Waals surface area contributed by atoms with Gasteiger partial charge in [-0.25, -0.2) is 13.2 Å². The van der Waals surface area contributed by atoms with Crippen LogP contribution in [0.25, 0.3) is 0 Å². The SMILES string of the molecule is COc1ccc(C(F)(F)F)cc1NS(=O)(=O)c1ccc(NC(=O)NCc2cccnc2)cc1. The van der Waals surface area contributed by atoms with Crippen LogP contribution < -0.4 is 20.1 Å². The van der Waals surface area contributed by atoms with E-state index >= 15 is 0 Å². The van der Waals surface area contributed by atoms with E-state index in [9.17, 15) is 26.4 Å². The van der Waals surface area contributed by atoms with Crippen LogP contribution in [-0.2, 0) is 22.7 Å². The van der Waals surface area contributed by atoms with Crippen LogP contribution in [0.4, 0.5) is 29.3 Å². The number of hydrogen-bond acceptors (Lipinski definition) is 5. The smallest absolute Gasteiger partial charge is 0.416 e. The van der Waals surface area contributed by atoms with Gasteiger partial charge in [0.2, 0.25) is 0 Å². The predicted octanol–water partition coefficient (Wildman–Crippen LogP) is 4.23. The normalized spacial score (nSPS) is 11.5. The van der Waals surface area contributed by atoms with Crippen molar-refractivity contribution in [2.45, 2.75) is 17.6 Å². The number of pyridine rings is 1. The Hall–Kier alpha value is -3.80. The van der Waals surface area contributed by atoms with Crippen molar-refractivity contribution in [3.8, 4) is 5.75 Å². The standard InChI is InChI=1S/C21H19F3N4O4S/c1-32-19-9-4-15(21(22,23)24)11-18(19)28-33(30,31)17-7-5-16(6-8-17)27-20(29)26-13-14-3-2-10-25-12-14/h2-12,28H,13H2,1H3,(H2,26,27,29). The van der Waals surface area contributed by atoms with Crippen molar-refractivity contribution >= 4 is 27.4 Å². The summed E-state index contributed by atoms with van der Waals surface area (Å²) in [4.78, 5) is 15.7. The molecule has 1 aromatic heterocycles. The largest absolute Gasteiger partial charge is 0.495 e. The van der Waals surface area contributed by atoms with E-state index in [1.54, 1.807) is 24.5 Å². The molecular formula is C21H19F3N4O4S. The number of nitrogens with zero attached hydrogens (tertiary/aromatic N) is 1. The van der Waals surface area contributed by atoms with Crippen LogP contribution in [0.15, 0.2) is 71.9 Å². The van der Waals surface area contributed by atoms with Crippen LogP contribution in [0.1, 0.15) is 11.1 Å². The van der Waals surface area contributed by atoms with Crippen molar-refractivity contribution in [1.82, 2.24) is 10.3 Å². The fourth-order valence-electron chi connectivity index (χ4n) is 2.75. The number of urea groups is 1. The summed E-state index contributed by atoms with van der Waals surface area (Å²) in [6.07, 6.45) is -1.44. The third-order valence-corrected chi connectivity index (χ3v) is 5.75. The van der Waals surface area contributed by atoms with E-state index in [0.717, 1.165) is 17.7 Å². The van der Waals surface area contributed by atoms with Crippen LogP contribution >= 0.6 is 0 Å². The van der Waals surface area contributed by atoms with Gasteiger partial charge in [-0.15, -0.1) is 0 Å². The summed E-state index contributed by atoms with van der Waals surface area (Å²) in [5.74, 6) is -0.0739. The zero-order valence-corrected chi connectivity index (χ0v) is 18.0. The average molecular weight is 480 g/mol. The Morgan fingerprint density at radius 2 is 1.82 bits per heavy atom. The number of hydrogen-bond donors (Lipinski definition) is 3. The van der Waals surface area contributed by atoms with E-state index in [-0.39, 0.29) is 22.9 Å². The molecule has 12 heteroatoms. The topological polar surface area (TPSA) is 109 Å². The summed E-state index contributed by atoms with van der Waals surface area (Å²) in [7, 11) is -3.02.